The second-order valence-electron chi connectivity index (χ2n) is 1.86. The van der Waals surface area contributed by atoms with Crippen LogP contribution in [0.4, 0.5) is 8.78 Å². The van der Waals surface area contributed by atoms with Crippen molar-refractivity contribution in [1.82, 2.24) is 0 Å². The number of hydrogen-bond acceptors (Lipinski definition) is 3. The minimum absolute atomic E-state index is 0.319. The summed E-state index contributed by atoms with van der Waals surface area (Å²) in [7, 11) is 0. The third kappa shape index (κ3) is 7.26. The topological polar surface area (TPSA) is 34.0 Å². The highest BCUT2D eigenvalue weighted by Crippen LogP contribution is 2.12. The van der Waals surface area contributed by atoms with E-state index < -0.39 is 6.05 Å². The number of nitrogens with zero attached hydrogens (tertiary/aromatic N) is 2. The second-order valence-corrected chi connectivity index (χ2v) is 1.86. The van der Waals surface area contributed by atoms with E-state index in [1.807, 2.05) is 6.92 Å². The van der Waals surface area contributed by atoms with E-state index in [2.05, 4.69) is 15.2 Å². The molecule has 0 aromatic heterocycles. The van der Waals surface area contributed by atoms with Crippen LogP contribution >= 0.6 is 0 Å². The zero-order chi connectivity index (χ0) is 8.04. The Labute approximate surface area is 58.0 Å². The Kier molecular flexibility index (Phi) is 3.83. The van der Waals surface area contributed by atoms with Gasteiger partial charge in [0.05, 0.1) is 0 Å². The van der Waals surface area contributed by atoms with Gasteiger partial charge in [-0.2, -0.15) is 8.78 Å². The van der Waals surface area contributed by atoms with Crippen LogP contribution in [-0.4, -0.2) is 12.7 Å². The van der Waals surface area contributed by atoms with Gasteiger partial charge in [-0.1, -0.05) is 12.0 Å². The largest absolute Gasteiger partial charge is 0.379 e. The Morgan fingerprint density at radius 1 is 1.50 bits per heavy atom. The first-order chi connectivity index (χ1) is 4.56. The van der Waals surface area contributed by atoms with Gasteiger partial charge in [0.1, 0.15) is 6.61 Å². The van der Waals surface area contributed by atoms with Crippen molar-refractivity contribution >= 4 is 0 Å². The summed E-state index contributed by atoms with van der Waals surface area (Å²) in [5, 5.41) is 5.37. The van der Waals surface area contributed by atoms with Gasteiger partial charge in [0, 0.05) is 12.2 Å². The van der Waals surface area contributed by atoms with Crippen molar-refractivity contribution in [2.75, 3.05) is 6.61 Å². The second kappa shape index (κ2) is 4.14. The number of halogens is 2. The predicted octanol–water partition coefficient (Wildman–Crippen LogP) is 2.39. The molecule has 0 aliphatic rings. The van der Waals surface area contributed by atoms with Crippen molar-refractivity contribution in [3.05, 3.63) is 0 Å². The molecule has 0 rings (SSSR count). The molecule has 0 aliphatic carbocycles. The van der Waals surface area contributed by atoms with Crippen LogP contribution in [0.2, 0.25) is 0 Å². The summed E-state index contributed by atoms with van der Waals surface area (Å²) in [5.74, 6) is 0. The smallest absolute Gasteiger partial charge is 0.358 e. The standard InChI is InChI=1S/C5H10F2N2O/c1-3-4-10-9-8-5(2,6)7/h3-4H2,1-2H3. The fraction of sp³-hybridized carbons (Fsp3) is 1.00. The van der Waals surface area contributed by atoms with Crippen LogP contribution in [0.15, 0.2) is 10.4 Å². The van der Waals surface area contributed by atoms with Crippen molar-refractivity contribution in [3.8, 4) is 0 Å². The van der Waals surface area contributed by atoms with Gasteiger partial charge >= 0.3 is 6.05 Å². The molecule has 0 aromatic carbocycles. The van der Waals surface area contributed by atoms with Crippen LogP contribution in [0.5, 0.6) is 0 Å². The summed E-state index contributed by atoms with van der Waals surface area (Å²) in [6.45, 7) is 2.81. The van der Waals surface area contributed by atoms with Crippen LogP contribution in [0.25, 0.3) is 0 Å². The summed E-state index contributed by atoms with van der Waals surface area (Å²) < 4.78 is 23.6. The molecule has 0 atom stereocenters. The average molecular weight is 152 g/mol. The van der Waals surface area contributed by atoms with Gasteiger partial charge < -0.3 is 4.84 Å². The molecule has 0 spiro atoms. The first kappa shape index (κ1) is 9.26. The fourth-order valence-electron chi connectivity index (χ4n) is 0.233. The Morgan fingerprint density at radius 2 is 2.10 bits per heavy atom. The molecule has 3 nitrogen and oxygen atoms in total. The third-order valence-electron chi connectivity index (χ3n) is 0.570. The predicted molar refractivity (Wildman–Crippen MR) is 31.7 cm³/mol. The van der Waals surface area contributed by atoms with Gasteiger partial charge in [-0.3, -0.25) is 0 Å². The molecule has 0 fully saturated rings. The van der Waals surface area contributed by atoms with Crippen molar-refractivity contribution < 1.29 is 13.6 Å². The molecule has 0 heterocycles. The molecule has 0 radical (unpaired) electrons. The molecule has 0 saturated carbocycles. The van der Waals surface area contributed by atoms with Crippen LogP contribution < -0.4 is 0 Å². The van der Waals surface area contributed by atoms with Crippen molar-refractivity contribution in [3.63, 3.8) is 0 Å². The lowest BCUT2D eigenvalue weighted by Gasteiger charge is -1.98. The number of rotatable bonds is 4. The Balaban J connectivity index is 3.37. The van der Waals surface area contributed by atoms with Gasteiger partial charge in [-0.15, -0.1) is 0 Å². The van der Waals surface area contributed by atoms with Crippen LogP contribution in [0.3, 0.4) is 0 Å². The minimum atomic E-state index is -3.12. The highest BCUT2D eigenvalue weighted by Gasteiger charge is 2.18. The zero-order valence-electron chi connectivity index (χ0n) is 5.97. The maximum absolute atomic E-state index is 11.8. The van der Waals surface area contributed by atoms with Crippen LogP contribution in [0.1, 0.15) is 20.3 Å². The van der Waals surface area contributed by atoms with Crippen molar-refractivity contribution in [2.45, 2.75) is 26.3 Å². The number of hydrogen-bond donors (Lipinski definition) is 0. The van der Waals surface area contributed by atoms with E-state index in [1.54, 1.807) is 0 Å². The van der Waals surface area contributed by atoms with E-state index in [0.717, 1.165) is 6.42 Å². The number of alkyl halides is 2. The van der Waals surface area contributed by atoms with E-state index in [1.165, 1.54) is 0 Å². The summed E-state index contributed by atoms with van der Waals surface area (Å²) in [6.07, 6.45) is 0.730. The van der Waals surface area contributed by atoms with Gasteiger partial charge in [-0.25, -0.2) is 0 Å². The van der Waals surface area contributed by atoms with Crippen molar-refractivity contribution in [1.29, 1.82) is 0 Å². The lowest BCUT2D eigenvalue weighted by atomic mass is 10.5. The molecule has 0 saturated heterocycles. The molecule has 5 heteroatoms. The molecule has 10 heavy (non-hydrogen) atoms. The molecule has 0 aromatic rings. The van der Waals surface area contributed by atoms with Gasteiger partial charge in [0.25, 0.3) is 0 Å². The SMILES string of the molecule is CCCON=NC(C)(F)F. The summed E-state index contributed by atoms with van der Waals surface area (Å²) in [6, 6.07) is -3.12. The normalized spacial score (nSPS) is 12.4. The summed E-state index contributed by atoms with van der Waals surface area (Å²) >= 11 is 0. The molecule has 0 aliphatic heterocycles. The van der Waals surface area contributed by atoms with Gasteiger partial charge in [0.2, 0.25) is 0 Å². The summed E-state index contributed by atoms with van der Waals surface area (Å²) in [5.41, 5.74) is 0. The first-order valence-electron chi connectivity index (χ1n) is 2.98. The van der Waals surface area contributed by atoms with Gasteiger partial charge in [-0.05, 0) is 6.42 Å². The maximum Gasteiger partial charge on any atom is 0.358 e. The average Bonchev–Trinajstić information content (AvgIpc) is 1.78. The van der Waals surface area contributed by atoms with E-state index in [4.69, 9.17) is 0 Å². The quantitative estimate of drug-likeness (QED) is 0.263. The van der Waals surface area contributed by atoms with Crippen molar-refractivity contribution in [2.24, 2.45) is 10.4 Å². The van der Waals surface area contributed by atoms with Crippen LogP contribution in [-0.2, 0) is 4.84 Å². The van der Waals surface area contributed by atoms with Crippen LogP contribution in [0, 0.1) is 0 Å². The first-order valence-corrected chi connectivity index (χ1v) is 2.98. The lowest BCUT2D eigenvalue weighted by molar-refractivity contribution is -0.00132. The molecular formula is C5H10F2N2O. The van der Waals surface area contributed by atoms with E-state index in [0.29, 0.717) is 13.5 Å². The fourth-order valence-corrected chi connectivity index (χ4v) is 0.233. The van der Waals surface area contributed by atoms with E-state index in [-0.39, 0.29) is 0 Å². The van der Waals surface area contributed by atoms with E-state index in [9.17, 15) is 8.78 Å². The maximum atomic E-state index is 11.8. The molecule has 60 valence electrons. The molecular weight excluding hydrogens is 142 g/mol. The highest BCUT2D eigenvalue weighted by atomic mass is 19.3. The Morgan fingerprint density at radius 3 is 2.50 bits per heavy atom. The zero-order valence-corrected chi connectivity index (χ0v) is 5.97. The monoisotopic (exact) mass is 152 g/mol. The highest BCUT2D eigenvalue weighted by molar-refractivity contribution is 4.44. The Bertz CT molecular complexity index is 111. The Hall–Kier alpha value is -0.740. The lowest BCUT2D eigenvalue weighted by Crippen LogP contribution is -2.03. The molecule has 0 unspecified atom stereocenters. The molecule has 0 N–H and O–H groups in total. The van der Waals surface area contributed by atoms with Gasteiger partial charge in [0.15, 0.2) is 0 Å². The minimum Gasteiger partial charge on any atom is -0.379 e. The summed E-state index contributed by atoms with van der Waals surface area (Å²) in [4.78, 5) is 4.34. The van der Waals surface area contributed by atoms with E-state index >= 15 is 0 Å². The molecule has 0 bridgehead atoms. The molecule has 0 amide bonds. The third-order valence-corrected chi connectivity index (χ3v) is 0.570.